The lowest BCUT2D eigenvalue weighted by Gasteiger charge is -2.21. The zero-order chi connectivity index (χ0) is 15.2. The smallest absolute Gasteiger partial charge is 0.222 e. The third-order valence-electron chi connectivity index (χ3n) is 3.98. The topological polar surface area (TPSA) is 46.6 Å². The number of Topliss-reactive ketones (excluding diaryl/α,β-unsaturated/α-hetero) is 1. The van der Waals surface area contributed by atoms with Gasteiger partial charge in [-0.3, -0.25) is 9.59 Å². The molecule has 1 aliphatic heterocycles. The SMILES string of the molecule is CC(=O)c1ccccc1OCCN1CCC(C)CCC1=O. The molecule has 1 atom stereocenters. The van der Waals surface area contributed by atoms with Crippen molar-refractivity contribution in [1.82, 2.24) is 4.90 Å². The molecule has 0 saturated carbocycles. The maximum absolute atomic E-state index is 12.0. The van der Waals surface area contributed by atoms with E-state index in [4.69, 9.17) is 4.74 Å². The number of carbonyl (C=O) groups is 2. The number of amides is 1. The van der Waals surface area contributed by atoms with E-state index in [1.165, 1.54) is 6.92 Å². The summed E-state index contributed by atoms with van der Waals surface area (Å²) in [6.45, 7) is 5.53. The highest BCUT2D eigenvalue weighted by Gasteiger charge is 2.20. The minimum atomic E-state index is -0.00901. The van der Waals surface area contributed by atoms with E-state index in [-0.39, 0.29) is 11.7 Å². The number of benzene rings is 1. The summed E-state index contributed by atoms with van der Waals surface area (Å²) in [5.41, 5.74) is 0.591. The Labute approximate surface area is 126 Å². The van der Waals surface area contributed by atoms with Gasteiger partial charge >= 0.3 is 0 Å². The summed E-state index contributed by atoms with van der Waals surface area (Å²) in [4.78, 5) is 25.4. The van der Waals surface area contributed by atoms with Gasteiger partial charge in [0.05, 0.1) is 12.1 Å². The molecular formula is C17H23NO3. The summed E-state index contributed by atoms with van der Waals surface area (Å²) in [6, 6.07) is 7.23. The number of rotatable bonds is 5. The third-order valence-corrected chi connectivity index (χ3v) is 3.98. The van der Waals surface area contributed by atoms with Crippen LogP contribution in [0.25, 0.3) is 0 Å². The first-order chi connectivity index (χ1) is 10.1. The summed E-state index contributed by atoms with van der Waals surface area (Å²) < 4.78 is 5.70. The standard InChI is InChI=1S/C17H23NO3/c1-13-7-8-17(20)18(10-9-13)11-12-21-16-6-4-3-5-15(16)14(2)19/h3-6,13H,7-12H2,1-2H3. The number of likely N-dealkylation sites (tertiary alicyclic amines) is 1. The lowest BCUT2D eigenvalue weighted by atomic mass is 10.0. The summed E-state index contributed by atoms with van der Waals surface area (Å²) in [5, 5.41) is 0. The maximum atomic E-state index is 12.0. The van der Waals surface area contributed by atoms with Crippen molar-refractivity contribution in [3.05, 3.63) is 29.8 Å². The Morgan fingerprint density at radius 2 is 2.10 bits per heavy atom. The van der Waals surface area contributed by atoms with Crippen molar-refractivity contribution in [3.8, 4) is 5.75 Å². The van der Waals surface area contributed by atoms with Crippen LogP contribution in [0.3, 0.4) is 0 Å². The van der Waals surface area contributed by atoms with Gasteiger partial charge in [0.25, 0.3) is 0 Å². The molecule has 0 aliphatic carbocycles. The summed E-state index contributed by atoms with van der Waals surface area (Å²) in [7, 11) is 0. The van der Waals surface area contributed by atoms with Crippen LogP contribution in [0.4, 0.5) is 0 Å². The Bertz CT molecular complexity index is 513. The predicted octanol–water partition coefficient (Wildman–Crippen LogP) is 2.92. The lowest BCUT2D eigenvalue weighted by Crippen LogP contribution is -2.34. The fourth-order valence-electron chi connectivity index (χ4n) is 2.56. The molecule has 1 fully saturated rings. The normalized spacial score (nSPS) is 19.2. The molecule has 1 heterocycles. The van der Waals surface area contributed by atoms with Gasteiger partial charge in [0.15, 0.2) is 5.78 Å². The van der Waals surface area contributed by atoms with Crippen molar-refractivity contribution in [3.63, 3.8) is 0 Å². The molecule has 0 spiro atoms. The molecule has 1 aliphatic rings. The van der Waals surface area contributed by atoms with Gasteiger partial charge in [-0.15, -0.1) is 0 Å². The van der Waals surface area contributed by atoms with E-state index in [1.54, 1.807) is 12.1 Å². The van der Waals surface area contributed by atoms with Gasteiger partial charge in [0.1, 0.15) is 12.4 Å². The summed E-state index contributed by atoms with van der Waals surface area (Å²) in [6.07, 6.45) is 2.66. The molecule has 1 saturated heterocycles. The molecule has 114 valence electrons. The first-order valence-electron chi connectivity index (χ1n) is 7.58. The van der Waals surface area contributed by atoms with Crippen LogP contribution in [0.1, 0.15) is 43.5 Å². The molecule has 21 heavy (non-hydrogen) atoms. The molecule has 0 N–H and O–H groups in total. The Morgan fingerprint density at radius 3 is 2.86 bits per heavy atom. The Hall–Kier alpha value is -1.84. The zero-order valence-corrected chi connectivity index (χ0v) is 12.8. The van der Waals surface area contributed by atoms with E-state index in [0.717, 1.165) is 19.4 Å². The summed E-state index contributed by atoms with van der Waals surface area (Å²) in [5.74, 6) is 1.41. The van der Waals surface area contributed by atoms with Crippen LogP contribution in [0.5, 0.6) is 5.75 Å². The highest BCUT2D eigenvalue weighted by Crippen LogP contribution is 2.19. The van der Waals surface area contributed by atoms with Crippen LogP contribution in [-0.4, -0.2) is 36.3 Å². The number of ketones is 1. The minimum Gasteiger partial charge on any atom is -0.491 e. The van der Waals surface area contributed by atoms with Gasteiger partial charge < -0.3 is 9.64 Å². The average Bonchev–Trinajstić information content (AvgIpc) is 2.63. The molecule has 1 aromatic rings. The van der Waals surface area contributed by atoms with E-state index in [0.29, 0.717) is 36.8 Å². The number of hydrogen-bond donors (Lipinski definition) is 0. The average molecular weight is 289 g/mol. The van der Waals surface area contributed by atoms with Gasteiger partial charge in [0.2, 0.25) is 5.91 Å². The number of para-hydroxylation sites is 1. The maximum Gasteiger partial charge on any atom is 0.222 e. The monoisotopic (exact) mass is 289 g/mol. The highest BCUT2D eigenvalue weighted by molar-refractivity contribution is 5.96. The van der Waals surface area contributed by atoms with Crippen LogP contribution >= 0.6 is 0 Å². The predicted molar refractivity (Wildman–Crippen MR) is 81.5 cm³/mol. The largest absolute Gasteiger partial charge is 0.491 e. The lowest BCUT2D eigenvalue weighted by molar-refractivity contribution is -0.131. The highest BCUT2D eigenvalue weighted by atomic mass is 16.5. The van der Waals surface area contributed by atoms with Gasteiger partial charge in [-0.2, -0.15) is 0 Å². The summed E-state index contributed by atoms with van der Waals surface area (Å²) >= 11 is 0. The fourth-order valence-corrected chi connectivity index (χ4v) is 2.56. The fraction of sp³-hybridized carbons (Fsp3) is 0.529. The minimum absolute atomic E-state index is 0.00901. The third kappa shape index (κ3) is 4.31. The van der Waals surface area contributed by atoms with Gasteiger partial charge in [-0.25, -0.2) is 0 Å². The van der Waals surface area contributed by atoms with Crippen LogP contribution in [0.2, 0.25) is 0 Å². The van der Waals surface area contributed by atoms with Crippen LogP contribution in [0, 0.1) is 5.92 Å². The second-order valence-electron chi connectivity index (χ2n) is 5.71. The van der Waals surface area contributed by atoms with Gasteiger partial charge in [0, 0.05) is 13.0 Å². The second kappa shape index (κ2) is 7.25. The van der Waals surface area contributed by atoms with Crippen molar-refractivity contribution >= 4 is 11.7 Å². The Kier molecular flexibility index (Phi) is 5.37. The number of nitrogens with zero attached hydrogens (tertiary/aromatic N) is 1. The van der Waals surface area contributed by atoms with Crippen LogP contribution in [-0.2, 0) is 4.79 Å². The molecule has 4 heteroatoms. The molecule has 4 nitrogen and oxygen atoms in total. The van der Waals surface area contributed by atoms with Crippen LogP contribution in [0.15, 0.2) is 24.3 Å². The molecule has 1 aromatic carbocycles. The molecule has 0 aromatic heterocycles. The van der Waals surface area contributed by atoms with Crippen molar-refractivity contribution in [2.24, 2.45) is 5.92 Å². The van der Waals surface area contributed by atoms with E-state index in [2.05, 4.69) is 6.92 Å². The van der Waals surface area contributed by atoms with E-state index in [1.807, 2.05) is 17.0 Å². The quantitative estimate of drug-likeness (QED) is 0.783. The van der Waals surface area contributed by atoms with Gasteiger partial charge in [-0.05, 0) is 37.8 Å². The van der Waals surface area contributed by atoms with Crippen molar-refractivity contribution < 1.29 is 14.3 Å². The Morgan fingerprint density at radius 1 is 1.33 bits per heavy atom. The molecule has 2 rings (SSSR count). The van der Waals surface area contributed by atoms with Crippen molar-refractivity contribution in [1.29, 1.82) is 0 Å². The first-order valence-corrected chi connectivity index (χ1v) is 7.58. The van der Waals surface area contributed by atoms with Crippen molar-refractivity contribution in [2.75, 3.05) is 19.7 Å². The Balaban J connectivity index is 1.89. The van der Waals surface area contributed by atoms with Crippen LogP contribution < -0.4 is 4.74 Å². The van der Waals surface area contributed by atoms with Crippen molar-refractivity contribution in [2.45, 2.75) is 33.1 Å². The first kappa shape index (κ1) is 15.5. The number of carbonyl (C=O) groups excluding carboxylic acids is 2. The van der Waals surface area contributed by atoms with E-state index >= 15 is 0 Å². The van der Waals surface area contributed by atoms with Gasteiger partial charge in [-0.1, -0.05) is 19.1 Å². The van der Waals surface area contributed by atoms with E-state index < -0.39 is 0 Å². The molecule has 0 bridgehead atoms. The zero-order valence-electron chi connectivity index (χ0n) is 12.8. The van der Waals surface area contributed by atoms with E-state index in [9.17, 15) is 9.59 Å². The number of hydrogen-bond acceptors (Lipinski definition) is 3. The molecule has 1 amide bonds. The molecule has 1 unspecified atom stereocenters. The second-order valence-corrected chi connectivity index (χ2v) is 5.71. The number of ether oxygens (including phenoxy) is 1. The molecular weight excluding hydrogens is 266 g/mol. The molecule has 0 radical (unpaired) electrons.